The van der Waals surface area contributed by atoms with E-state index in [1.165, 1.54) is 6.42 Å². The van der Waals surface area contributed by atoms with E-state index < -0.39 is 5.60 Å². The lowest BCUT2D eigenvalue weighted by Gasteiger charge is -2.22. The molecule has 0 amide bonds. The second-order valence-electron chi connectivity index (χ2n) is 18.6. The molecule has 2 saturated heterocycles. The van der Waals surface area contributed by atoms with Crippen molar-refractivity contribution in [1.82, 2.24) is 90.3 Å². The Morgan fingerprint density at radius 3 is 1.54 bits per heavy atom. The van der Waals surface area contributed by atoms with Crippen LogP contribution >= 0.6 is 0 Å². The maximum atomic E-state index is 10.4. The highest BCUT2D eigenvalue weighted by molar-refractivity contribution is 5.83. The molecule has 2 atom stereocenters. The van der Waals surface area contributed by atoms with Crippen LogP contribution in [0.2, 0.25) is 0 Å². The molecule has 21 nitrogen and oxygen atoms in total. The zero-order chi connectivity index (χ0) is 39.9. The van der Waals surface area contributed by atoms with Gasteiger partial charge in [-0.2, -0.15) is 9.59 Å². The largest absolute Gasteiger partial charge is 0.388 e. The molecule has 57 heavy (non-hydrogen) atoms. The van der Waals surface area contributed by atoms with Gasteiger partial charge in [-0.25, -0.2) is 29.3 Å². The van der Waals surface area contributed by atoms with Crippen molar-refractivity contribution in [1.29, 1.82) is 0 Å². The van der Waals surface area contributed by atoms with Crippen LogP contribution in [0.5, 0.6) is 0 Å². The minimum absolute atomic E-state index is 0.159. The van der Waals surface area contributed by atoms with Crippen molar-refractivity contribution in [2.45, 2.75) is 136 Å². The molecule has 4 fully saturated rings. The molecular weight excluding hydrogens is 729 g/mol. The van der Waals surface area contributed by atoms with E-state index in [2.05, 4.69) is 110 Å². The van der Waals surface area contributed by atoms with Gasteiger partial charge in [0.2, 0.25) is 11.3 Å². The lowest BCUT2D eigenvalue weighted by molar-refractivity contribution is 0.0839. The summed E-state index contributed by atoms with van der Waals surface area (Å²) in [5.41, 5.74) is 1.46. The van der Waals surface area contributed by atoms with Crippen molar-refractivity contribution in [2.75, 3.05) is 36.0 Å². The van der Waals surface area contributed by atoms with Crippen molar-refractivity contribution in [2.24, 2.45) is 5.92 Å². The number of hydrogen-bond acceptors (Lipinski definition) is 17. The van der Waals surface area contributed by atoms with E-state index in [4.69, 9.17) is 20.1 Å². The van der Waals surface area contributed by atoms with Gasteiger partial charge in [-0.15, -0.1) is 30.6 Å². The topological polar surface area (TPSA) is 227 Å². The predicted molar refractivity (Wildman–Crippen MR) is 207 cm³/mol. The summed E-state index contributed by atoms with van der Waals surface area (Å²) < 4.78 is 3.75. The zero-order valence-corrected chi connectivity index (χ0v) is 34.1. The fourth-order valence-electron chi connectivity index (χ4n) is 7.27. The molecule has 6 aromatic heterocycles. The Hall–Kier alpha value is -5.34. The highest BCUT2D eigenvalue weighted by atomic mass is 16.3. The Balaban J connectivity index is 0.000000148. The lowest BCUT2D eigenvalue weighted by atomic mass is 9.95. The molecule has 0 radical (unpaired) electrons. The van der Waals surface area contributed by atoms with Gasteiger partial charge < -0.3 is 14.9 Å². The van der Waals surface area contributed by atoms with Crippen molar-refractivity contribution in [3.63, 3.8) is 0 Å². The molecule has 1 unspecified atom stereocenters. The third-order valence-electron chi connectivity index (χ3n) is 10.8. The van der Waals surface area contributed by atoms with E-state index in [0.29, 0.717) is 66.7 Å². The molecule has 8 heterocycles. The van der Waals surface area contributed by atoms with Crippen molar-refractivity contribution in [3.05, 3.63) is 23.3 Å². The van der Waals surface area contributed by atoms with E-state index in [1.807, 2.05) is 16.3 Å². The molecule has 1 N–H and O–H groups in total. The Morgan fingerprint density at radius 2 is 1.14 bits per heavy atom. The Labute approximate surface area is 329 Å². The third kappa shape index (κ3) is 7.72. The number of aromatic nitrogens is 18. The molecule has 4 aliphatic rings. The SMILES string of the molecule is CC(C)(C)c1nc(N2CC[C@](C)(O)C2)c2nn(Cc3nnnn3C3CC3)nc2n1.CC1CCN(c2nc(C(C)(C)C)nc3nn(Cc4nnnn4C4CC4)nc23)C1. The fourth-order valence-corrected chi connectivity index (χ4v) is 7.27. The first-order valence-corrected chi connectivity index (χ1v) is 20.1. The summed E-state index contributed by atoms with van der Waals surface area (Å²) in [6.07, 6.45) is 6.32. The highest BCUT2D eigenvalue weighted by Gasteiger charge is 2.36. The van der Waals surface area contributed by atoms with Gasteiger partial charge in [0.05, 0.1) is 17.7 Å². The number of rotatable bonds is 8. The summed E-state index contributed by atoms with van der Waals surface area (Å²) in [7, 11) is 0. The van der Waals surface area contributed by atoms with Crippen LogP contribution in [0.1, 0.15) is 129 Å². The van der Waals surface area contributed by atoms with Gasteiger partial charge in [0.15, 0.2) is 34.3 Å². The van der Waals surface area contributed by atoms with Gasteiger partial charge in [0.1, 0.15) is 24.7 Å². The number of hydrogen-bond donors (Lipinski definition) is 1. The summed E-state index contributed by atoms with van der Waals surface area (Å²) in [6, 6.07) is 0.809. The Kier molecular flexibility index (Phi) is 8.92. The molecule has 2 aliphatic heterocycles. The van der Waals surface area contributed by atoms with E-state index in [0.717, 1.165) is 79.9 Å². The molecule has 21 heteroatoms. The number of nitrogens with zero attached hydrogens (tertiary/aromatic N) is 20. The molecule has 0 aromatic carbocycles. The van der Waals surface area contributed by atoms with Crippen molar-refractivity contribution < 1.29 is 5.11 Å². The third-order valence-corrected chi connectivity index (χ3v) is 10.8. The lowest BCUT2D eigenvalue weighted by Crippen LogP contribution is -2.31. The minimum Gasteiger partial charge on any atom is -0.388 e. The molecule has 2 saturated carbocycles. The van der Waals surface area contributed by atoms with Gasteiger partial charge in [-0.05, 0) is 72.2 Å². The standard InChI is InChI=1S/C18H26N10O.C18H26N10/c1-17(2,3)16-19-14-13(15(20-16)26-8-7-18(4,29)10-26)22-27(23-14)9-12-21-24-25-28(12)11-5-6-11;1-11-7-8-26(9-11)16-14-15(19-17(20-16)18(2,3)4)23-27(22-14)10-13-21-24-25-28(13)12-5-6-12/h11,29H,5-10H2,1-4H3;11-12H,5-10H2,1-4H3/t18-;/m0./s1. The number of tetrazole rings is 2. The summed E-state index contributed by atoms with van der Waals surface area (Å²) in [6.45, 7) is 20.7. The number of anilines is 2. The van der Waals surface area contributed by atoms with E-state index >= 15 is 0 Å². The molecule has 6 aromatic rings. The van der Waals surface area contributed by atoms with Gasteiger partial charge in [0.25, 0.3) is 0 Å². The molecule has 0 bridgehead atoms. The quantitative estimate of drug-likeness (QED) is 0.234. The van der Waals surface area contributed by atoms with E-state index in [-0.39, 0.29) is 10.8 Å². The Bertz CT molecular complexity index is 2400. The molecule has 10 rings (SSSR count). The maximum absolute atomic E-state index is 10.4. The summed E-state index contributed by atoms with van der Waals surface area (Å²) in [5, 5.41) is 53.2. The average molecular weight is 781 g/mol. The van der Waals surface area contributed by atoms with Crippen LogP contribution in [0.4, 0.5) is 11.6 Å². The average Bonchev–Trinajstić information content (AvgIpc) is 3.71. The minimum atomic E-state index is -0.735. The smallest absolute Gasteiger partial charge is 0.207 e. The van der Waals surface area contributed by atoms with Crippen LogP contribution in [-0.4, -0.2) is 127 Å². The summed E-state index contributed by atoms with van der Waals surface area (Å²) in [5.74, 6) is 5.30. The highest BCUT2D eigenvalue weighted by Crippen LogP contribution is 2.36. The van der Waals surface area contributed by atoms with Gasteiger partial charge >= 0.3 is 0 Å². The van der Waals surface area contributed by atoms with E-state index in [1.54, 1.807) is 9.59 Å². The van der Waals surface area contributed by atoms with Crippen LogP contribution in [-0.2, 0) is 23.9 Å². The molecule has 2 aliphatic carbocycles. The van der Waals surface area contributed by atoms with Crippen molar-refractivity contribution in [3.8, 4) is 0 Å². The molecule has 302 valence electrons. The first-order chi connectivity index (χ1) is 27.1. The Morgan fingerprint density at radius 1 is 0.649 bits per heavy atom. The van der Waals surface area contributed by atoms with Crippen molar-refractivity contribution >= 4 is 34.0 Å². The van der Waals surface area contributed by atoms with Crippen LogP contribution in [0.15, 0.2) is 0 Å². The maximum Gasteiger partial charge on any atom is 0.207 e. The van der Waals surface area contributed by atoms with Gasteiger partial charge in [-0.1, -0.05) is 48.5 Å². The van der Waals surface area contributed by atoms with E-state index in [9.17, 15) is 5.11 Å². The first-order valence-electron chi connectivity index (χ1n) is 20.1. The normalized spacial score (nSPS) is 21.6. The van der Waals surface area contributed by atoms with Crippen LogP contribution in [0.25, 0.3) is 22.3 Å². The van der Waals surface area contributed by atoms with Crippen LogP contribution in [0.3, 0.4) is 0 Å². The first kappa shape index (κ1) is 37.2. The summed E-state index contributed by atoms with van der Waals surface area (Å²) >= 11 is 0. The number of β-amino-alcohol motifs (C(OH)–C–C–N with tert-alkyl or cyclic N) is 1. The van der Waals surface area contributed by atoms with Crippen LogP contribution in [0, 0.1) is 5.92 Å². The van der Waals surface area contributed by atoms with Crippen LogP contribution < -0.4 is 9.80 Å². The monoisotopic (exact) mass is 780 g/mol. The second-order valence-corrected chi connectivity index (χ2v) is 18.6. The second kappa shape index (κ2) is 13.7. The van der Waals surface area contributed by atoms with Gasteiger partial charge in [-0.3, -0.25) is 0 Å². The number of aliphatic hydroxyl groups is 1. The predicted octanol–water partition coefficient (Wildman–Crippen LogP) is 2.58. The fraction of sp³-hybridized carbons (Fsp3) is 0.722. The molecular formula is C36H52N20O. The number of fused-ring (bicyclic) bond motifs is 2. The summed E-state index contributed by atoms with van der Waals surface area (Å²) in [4.78, 5) is 26.8. The zero-order valence-electron chi connectivity index (χ0n) is 34.1. The molecule has 0 spiro atoms. The van der Waals surface area contributed by atoms with Gasteiger partial charge in [0, 0.05) is 37.0 Å².